The van der Waals surface area contributed by atoms with Crippen LogP contribution in [0.5, 0.6) is 0 Å². The van der Waals surface area contributed by atoms with Crippen LogP contribution in [-0.2, 0) is 42.9 Å². The lowest BCUT2D eigenvalue weighted by molar-refractivity contribution is -0.301. The molecule has 12 heteroatoms. The number of ether oxygens (including phenoxy) is 5. The normalized spacial score (nSPS) is 18.4. The molecule has 0 aromatic heterocycles. The largest absolute Gasteiger partial charge is 0.479 e. The van der Waals surface area contributed by atoms with Gasteiger partial charge in [-0.1, -0.05) is 211 Å². The second kappa shape index (κ2) is 51.4. The number of aliphatic hydroxyl groups excluding tert-OH is 2. The minimum Gasteiger partial charge on any atom is -0.479 e. The Morgan fingerprint density at radius 2 is 0.813 bits per heavy atom. The second-order valence-electron chi connectivity index (χ2n) is 21.0. The van der Waals surface area contributed by atoms with Crippen molar-refractivity contribution in [1.29, 1.82) is 0 Å². The van der Waals surface area contributed by atoms with E-state index in [1.807, 2.05) is 0 Å². The summed E-state index contributed by atoms with van der Waals surface area (Å²) in [7, 11) is 0. The van der Waals surface area contributed by atoms with Crippen LogP contribution in [0.15, 0.2) is 48.6 Å². The van der Waals surface area contributed by atoms with E-state index in [9.17, 15) is 34.5 Å². The molecule has 1 aliphatic heterocycles. The highest BCUT2D eigenvalue weighted by Gasteiger charge is 2.50. The number of hydrogen-bond acceptors (Lipinski definition) is 11. The molecule has 0 amide bonds. The van der Waals surface area contributed by atoms with Crippen LogP contribution >= 0.6 is 0 Å². The molecule has 434 valence electrons. The molecule has 0 aliphatic carbocycles. The van der Waals surface area contributed by atoms with E-state index >= 15 is 0 Å². The number of rotatable bonds is 52. The Labute approximate surface area is 456 Å². The average molecular weight is 1060 g/mol. The van der Waals surface area contributed by atoms with Crippen molar-refractivity contribution in [2.75, 3.05) is 13.2 Å². The fraction of sp³-hybridized carbons (Fsp3) is 0.810. The maximum Gasteiger partial charge on any atom is 0.335 e. The van der Waals surface area contributed by atoms with Gasteiger partial charge in [0, 0.05) is 19.3 Å². The van der Waals surface area contributed by atoms with Crippen LogP contribution < -0.4 is 0 Å². The van der Waals surface area contributed by atoms with Crippen molar-refractivity contribution in [1.82, 2.24) is 0 Å². The van der Waals surface area contributed by atoms with Gasteiger partial charge in [-0.2, -0.15) is 0 Å². The van der Waals surface area contributed by atoms with E-state index in [0.717, 1.165) is 116 Å². The zero-order valence-corrected chi connectivity index (χ0v) is 47.8. The van der Waals surface area contributed by atoms with Gasteiger partial charge in [0.05, 0.1) is 6.61 Å². The monoisotopic (exact) mass is 1060 g/mol. The third-order valence-corrected chi connectivity index (χ3v) is 13.8. The van der Waals surface area contributed by atoms with Gasteiger partial charge in [0.2, 0.25) is 0 Å². The maximum atomic E-state index is 13.1. The number of allylic oxidation sites excluding steroid dienone is 8. The molecule has 6 atom stereocenters. The summed E-state index contributed by atoms with van der Waals surface area (Å²) >= 11 is 0. The van der Waals surface area contributed by atoms with Crippen molar-refractivity contribution in [3.05, 3.63) is 48.6 Å². The zero-order valence-electron chi connectivity index (χ0n) is 47.8. The Hall–Kier alpha value is -3.32. The molecule has 0 aromatic rings. The van der Waals surface area contributed by atoms with E-state index in [-0.39, 0.29) is 25.9 Å². The summed E-state index contributed by atoms with van der Waals surface area (Å²) in [6.07, 6.45) is 49.3. The molecule has 75 heavy (non-hydrogen) atoms. The van der Waals surface area contributed by atoms with Gasteiger partial charge in [0.1, 0.15) is 18.8 Å². The average Bonchev–Trinajstić information content (AvgIpc) is 3.39. The van der Waals surface area contributed by atoms with Crippen LogP contribution in [0.2, 0.25) is 0 Å². The Morgan fingerprint density at radius 1 is 0.440 bits per heavy atom. The number of esters is 3. The van der Waals surface area contributed by atoms with Crippen LogP contribution in [0.25, 0.3) is 0 Å². The van der Waals surface area contributed by atoms with Gasteiger partial charge in [-0.15, -0.1) is 0 Å². The van der Waals surface area contributed by atoms with E-state index < -0.39 is 67.3 Å². The highest BCUT2D eigenvalue weighted by molar-refractivity contribution is 5.74. The molecule has 1 saturated heterocycles. The summed E-state index contributed by atoms with van der Waals surface area (Å²) in [5, 5.41) is 31.5. The predicted molar refractivity (Wildman–Crippen MR) is 303 cm³/mol. The molecule has 12 nitrogen and oxygen atoms in total. The fourth-order valence-corrected chi connectivity index (χ4v) is 9.08. The van der Waals surface area contributed by atoms with Crippen molar-refractivity contribution >= 4 is 23.9 Å². The molecule has 1 rings (SSSR count). The minimum atomic E-state index is -1.91. The van der Waals surface area contributed by atoms with Gasteiger partial charge >= 0.3 is 23.9 Å². The number of carbonyl (C=O) groups is 4. The smallest absolute Gasteiger partial charge is 0.335 e. The summed E-state index contributed by atoms with van der Waals surface area (Å²) in [6, 6.07) is 0. The summed E-state index contributed by atoms with van der Waals surface area (Å²) < 4.78 is 28.4. The summed E-state index contributed by atoms with van der Waals surface area (Å²) in [5.41, 5.74) is 0. The van der Waals surface area contributed by atoms with E-state index in [1.165, 1.54) is 103 Å². The number of carbonyl (C=O) groups excluding carboxylic acids is 3. The molecule has 1 fully saturated rings. The van der Waals surface area contributed by atoms with Gasteiger partial charge in [-0.25, -0.2) is 4.79 Å². The van der Waals surface area contributed by atoms with Crippen LogP contribution in [0, 0.1) is 0 Å². The van der Waals surface area contributed by atoms with E-state index in [4.69, 9.17) is 23.7 Å². The molecule has 0 spiro atoms. The number of aliphatic carboxylic acids is 1. The predicted octanol–water partition coefficient (Wildman–Crippen LogP) is 15.8. The summed E-state index contributed by atoms with van der Waals surface area (Å²) in [5.74, 6) is -3.13. The Kier molecular flexibility index (Phi) is 47.8. The van der Waals surface area contributed by atoms with Gasteiger partial charge in [0.15, 0.2) is 24.6 Å². The Bertz CT molecular complexity index is 1490. The third-order valence-electron chi connectivity index (χ3n) is 13.8. The van der Waals surface area contributed by atoms with Crippen LogP contribution in [0.3, 0.4) is 0 Å². The Morgan fingerprint density at radius 3 is 1.28 bits per heavy atom. The maximum absolute atomic E-state index is 13.1. The van der Waals surface area contributed by atoms with Gasteiger partial charge in [-0.05, 0) is 96.3 Å². The molecular formula is C63H110O12. The standard InChI is InChI=1S/C63H110O12/c1-4-7-10-13-16-19-22-24-26-27-28-29-31-33-36-39-42-45-48-51-57(66)74-61-59(68)58(67)60(62(69)70)75-63(61)72-53-54(73-56(65)50-47-44-41-38-34-21-18-15-12-9-6-3)52-71-55(64)49-46-43-40-37-35-32-30-25-23-20-17-14-11-8-5-2/h15-16,18-19,24-26,30,54,58-61,63,67-68H,4-14,17,20-23,27-29,31-53H2,1-3H3,(H,69,70)/b18-15-,19-16-,26-24-,30-25-. The number of hydrogen-bond donors (Lipinski definition) is 3. The lowest BCUT2D eigenvalue weighted by Gasteiger charge is -2.40. The van der Waals surface area contributed by atoms with E-state index in [2.05, 4.69) is 69.4 Å². The van der Waals surface area contributed by atoms with Crippen LogP contribution in [-0.4, -0.2) is 89.2 Å². The first kappa shape index (κ1) is 69.7. The Balaban J connectivity index is 2.65. The summed E-state index contributed by atoms with van der Waals surface area (Å²) in [4.78, 5) is 51.1. The molecule has 6 unspecified atom stereocenters. The van der Waals surface area contributed by atoms with Gasteiger partial charge in [-0.3, -0.25) is 14.4 Å². The molecule has 1 heterocycles. The van der Waals surface area contributed by atoms with Crippen LogP contribution in [0.1, 0.15) is 278 Å². The molecule has 3 N–H and O–H groups in total. The zero-order chi connectivity index (χ0) is 54.7. The number of carboxylic acid groups (broad SMARTS) is 1. The third kappa shape index (κ3) is 41.5. The highest BCUT2D eigenvalue weighted by atomic mass is 16.7. The SMILES string of the molecule is CCCC/C=C\CCCCCCCC(=O)OC(COC(=O)CCCCCCC/C=C\CCCCCCCC)COC1OC(C(=O)O)C(O)C(O)C1OC(=O)CCCCCCCCCCC/C=C\C/C=C\CCCCC. The lowest BCUT2D eigenvalue weighted by atomic mass is 9.98. The van der Waals surface area contributed by atoms with Gasteiger partial charge < -0.3 is 39.0 Å². The summed E-state index contributed by atoms with van der Waals surface area (Å²) in [6.45, 7) is 5.92. The van der Waals surface area contributed by atoms with Crippen molar-refractivity contribution in [2.45, 2.75) is 314 Å². The molecule has 0 radical (unpaired) electrons. The number of unbranched alkanes of at least 4 members (excludes halogenated alkanes) is 30. The van der Waals surface area contributed by atoms with Crippen molar-refractivity contribution in [3.63, 3.8) is 0 Å². The first-order valence-electron chi connectivity index (χ1n) is 30.6. The van der Waals surface area contributed by atoms with E-state index in [1.54, 1.807) is 0 Å². The molecule has 1 aliphatic rings. The highest BCUT2D eigenvalue weighted by Crippen LogP contribution is 2.26. The first-order valence-corrected chi connectivity index (χ1v) is 30.6. The van der Waals surface area contributed by atoms with Gasteiger partial charge in [0.25, 0.3) is 0 Å². The van der Waals surface area contributed by atoms with E-state index in [0.29, 0.717) is 19.3 Å². The van der Waals surface area contributed by atoms with Crippen LogP contribution in [0.4, 0.5) is 0 Å². The number of aliphatic hydroxyl groups is 2. The second-order valence-corrected chi connectivity index (χ2v) is 21.0. The number of carboxylic acids is 1. The molecular weight excluding hydrogens is 949 g/mol. The van der Waals surface area contributed by atoms with Crippen molar-refractivity contribution < 1.29 is 58.2 Å². The molecule has 0 saturated carbocycles. The minimum absolute atomic E-state index is 0.0551. The topological polar surface area (TPSA) is 175 Å². The quantitative estimate of drug-likeness (QED) is 0.0228. The van der Waals surface area contributed by atoms with Crippen molar-refractivity contribution in [2.24, 2.45) is 0 Å². The fourth-order valence-electron chi connectivity index (χ4n) is 9.08. The molecule has 0 bridgehead atoms. The first-order chi connectivity index (χ1) is 36.6. The lowest BCUT2D eigenvalue weighted by Crippen LogP contribution is -2.61. The van der Waals surface area contributed by atoms with Crippen molar-refractivity contribution in [3.8, 4) is 0 Å². The molecule has 0 aromatic carbocycles.